The molecule has 0 saturated carbocycles. The van der Waals surface area contributed by atoms with E-state index in [1.807, 2.05) is 0 Å². The van der Waals surface area contributed by atoms with Crippen LogP contribution in [-0.4, -0.2) is 24.2 Å². The fraction of sp³-hybridized carbons (Fsp3) is 0.188. The maximum atomic E-state index is 13.9. The van der Waals surface area contributed by atoms with E-state index in [4.69, 9.17) is 24.5 Å². The van der Waals surface area contributed by atoms with Gasteiger partial charge in [-0.05, 0) is 36.0 Å². The zero-order valence-corrected chi connectivity index (χ0v) is 21.3. The second-order valence-corrected chi connectivity index (χ2v) is 4.85. The quantitative estimate of drug-likeness (QED) is 0.482. The number of carboxylic acid groups (broad SMARTS) is 2. The van der Waals surface area contributed by atoms with E-state index in [-0.39, 0.29) is 121 Å². The van der Waals surface area contributed by atoms with Gasteiger partial charge >= 0.3 is 103 Å². The monoisotopic (exact) mass is 426 g/mol. The van der Waals surface area contributed by atoms with Gasteiger partial charge in [-0.3, -0.25) is 9.78 Å². The Morgan fingerprint density at radius 1 is 1.30 bits per heavy atom. The van der Waals surface area contributed by atoms with Gasteiger partial charge in [0.2, 0.25) is 0 Å². The summed E-state index contributed by atoms with van der Waals surface area (Å²) in [6, 6.07) is 6.23. The van der Waals surface area contributed by atoms with Crippen molar-refractivity contribution in [3.63, 3.8) is 0 Å². The van der Waals surface area contributed by atoms with Crippen LogP contribution >= 0.6 is 0 Å². The van der Waals surface area contributed by atoms with Crippen molar-refractivity contribution in [3.05, 3.63) is 53.1 Å². The van der Waals surface area contributed by atoms with Crippen molar-refractivity contribution in [1.82, 2.24) is 10.3 Å². The SMILES string of the molecule is COc1ccc(COc2cc3c(cc2F)CNC3=O)nc1.O=C([O-])[O-].[K+].[K+]. The first-order valence-electron chi connectivity index (χ1n) is 7.01. The molecule has 1 N–H and O–H groups in total. The minimum absolute atomic E-state index is 0. The Labute approximate surface area is 239 Å². The molecular weight excluding hydrogens is 413 g/mol. The number of fused-ring (bicyclic) bond motifs is 1. The summed E-state index contributed by atoms with van der Waals surface area (Å²) in [5.74, 6) is -0.0151. The molecule has 2 heterocycles. The van der Waals surface area contributed by atoms with Gasteiger partial charge in [-0.1, -0.05) is 0 Å². The minimum atomic E-state index is -2.33. The number of aromatic nitrogens is 1. The average molecular weight is 426 g/mol. The third-order valence-corrected chi connectivity index (χ3v) is 3.25. The molecule has 0 spiro atoms. The maximum Gasteiger partial charge on any atom is 1.00 e. The number of methoxy groups -OCH3 is 1. The number of carbonyl (C=O) groups excluding carboxylic acids is 2. The molecule has 8 nitrogen and oxygen atoms in total. The summed E-state index contributed by atoms with van der Waals surface area (Å²) < 4.78 is 24.3. The molecule has 0 radical (unpaired) electrons. The summed E-state index contributed by atoms with van der Waals surface area (Å²) >= 11 is 0. The van der Waals surface area contributed by atoms with Gasteiger partial charge in [0.15, 0.2) is 11.6 Å². The van der Waals surface area contributed by atoms with Gasteiger partial charge in [-0.2, -0.15) is 0 Å². The van der Waals surface area contributed by atoms with Crippen molar-refractivity contribution in [2.75, 3.05) is 7.11 Å². The van der Waals surface area contributed by atoms with Crippen molar-refractivity contribution < 1.29 is 136 Å². The van der Waals surface area contributed by atoms with Crippen molar-refractivity contribution in [2.24, 2.45) is 0 Å². The Balaban J connectivity index is 0.00000103. The van der Waals surface area contributed by atoms with E-state index >= 15 is 0 Å². The summed E-state index contributed by atoms with van der Waals surface area (Å²) in [7, 11) is 1.55. The van der Waals surface area contributed by atoms with E-state index in [0.717, 1.165) is 0 Å². The van der Waals surface area contributed by atoms with Gasteiger partial charge in [-0.25, -0.2) is 4.39 Å². The second kappa shape index (κ2) is 13.2. The molecule has 0 aliphatic carbocycles. The molecule has 1 aromatic heterocycles. The molecule has 1 aliphatic rings. The molecule has 3 rings (SSSR count). The number of carbonyl (C=O) groups is 2. The van der Waals surface area contributed by atoms with Crippen LogP contribution in [0.4, 0.5) is 9.18 Å². The van der Waals surface area contributed by atoms with Crippen LogP contribution in [-0.2, 0) is 13.2 Å². The molecule has 1 amide bonds. The molecule has 0 saturated heterocycles. The van der Waals surface area contributed by atoms with E-state index in [2.05, 4.69) is 10.3 Å². The molecule has 27 heavy (non-hydrogen) atoms. The normalized spacial score (nSPS) is 10.8. The topological polar surface area (TPSA) is 124 Å². The van der Waals surface area contributed by atoms with E-state index in [0.29, 0.717) is 29.1 Å². The van der Waals surface area contributed by atoms with Gasteiger partial charge < -0.3 is 29.8 Å². The summed E-state index contributed by atoms with van der Waals surface area (Å²) in [5.41, 5.74) is 1.74. The molecule has 11 heteroatoms. The number of pyridine rings is 1. The zero-order valence-electron chi connectivity index (χ0n) is 15.1. The summed E-state index contributed by atoms with van der Waals surface area (Å²) in [6.07, 6.45) is -0.773. The number of benzene rings is 1. The largest absolute Gasteiger partial charge is 1.00 e. The molecule has 132 valence electrons. The third kappa shape index (κ3) is 8.43. The van der Waals surface area contributed by atoms with Gasteiger partial charge in [-0.15, -0.1) is 0 Å². The second-order valence-electron chi connectivity index (χ2n) is 4.85. The zero-order chi connectivity index (χ0) is 18.4. The molecule has 1 aromatic carbocycles. The Morgan fingerprint density at radius 3 is 2.52 bits per heavy atom. The Bertz CT molecular complexity index is 785. The first kappa shape index (κ1) is 26.9. The van der Waals surface area contributed by atoms with E-state index in [9.17, 15) is 9.18 Å². The van der Waals surface area contributed by atoms with Crippen LogP contribution in [0.5, 0.6) is 11.5 Å². The van der Waals surface area contributed by atoms with Crippen molar-refractivity contribution in [1.29, 1.82) is 0 Å². The fourth-order valence-electron chi connectivity index (χ4n) is 2.10. The smallest absolute Gasteiger partial charge is 0.652 e. The number of nitrogens with zero attached hydrogens (tertiary/aromatic N) is 1. The summed E-state index contributed by atoms with van der Waals surface area (Å²) in [5, 5.41) is 19.3. The maximum absolute atomic E-state index is 13.9. The number of rotatable bonds is 4. The van der Waals surface area contributed by atoms with Gasteiger partial charge in [0, 0.05) is 12.1 Å². The van der Waals surface area contributed by atoms with E-state index in [1.165, 1.54) is 12.1 Å². The van der Waals surface area contributed by atoms with Crippen LogP contribution in [0.15, 0.2) is 30.5 Å². The molecular formula is C16H13FK2N2O6. The van der Waals surface area contributed by atoms with Crippen molar-refractivity contribution in [3.8, 4) is 11.5 Å². The number of hydrogen-bond acceptors (Lipinski definition) is 7. The predicted molar refractivity (Wildman–Crippen MR) is 78.1 cm³/mol. The van der Waals surface area contributed by atoms with Gasteiger partial charge in [0.05, 0.1) is 19.0 Å². The molecule has 0 fully saturated rings. The third-order valence-electron chi connectivity index (χ3n) is 3.25. The number of ether oxygens (including phenoxy) is 2. The standard InChI is InChI=1S/C15H13FN2O3.CH2O3.2K/c1-20-11-3-2-10(17-7-11)8-21-14-5-12-9(4-13(14)16)6-18-15(12)19;2-1(3)4;;/h2-5,7H,6,8H2,1H3,(H,18,19);(H2,2,3,4);;/q;;2*+1/p-2. The summed E-state index contributed by atoms with van der Waals surface area (Å²) in [6.45, 7) is 0.465. The first-order chi connectivity index (χ1) is 11.9. The summed E-state index contributed by atoms with van der Waals surface area (Å²) in [4.78, 5) is 24.0. The first-order valence-corrected chi connectivity index (χ1v) is 7.01. The van der Waals surface area contributed by atoms with E-state index < -0.39 is 12.0 Å². The molecule has 0 atom stereocenters. The molecule has 1 aliphatic heterocycles. The Hall–Kier alpha value is -0.0873. The number of hydrogen-bond donors (Lipinski definition) is 1. The molecule has 0 bridgehead atoms. The van der Waals surface area contributed by atoms with Crippen molar-refractivity contribution >= 4 is 12.1 Å². The van der Waals surface area contributed by atoms with E-state index in [1.54, 1.807) is 25.4 Å². The fourth-order valence-corrected chi connectivity index (χ4v) is 2.10. The van der Waals surface area contributed by atoms with Crippen LogP contribution in [0.2, 0.25) is 0 Å². The predicted octanol–water partition coefficient (Wildman–Crippen LogP) is -6.39. The molecule has 2 aromatic rings. The van der Waals surface area contributed by atoms with Crippen LogP contribution in [0.25, 0.3) is 0 Å². The number of nitrogens with one attached hydrogen (secondary N) is 1. The van der Waals surface area contributed by atoms with Crippen molar-refractivity contribution in [2.45, 2.75) is 13.2 Å². The number of amides is 1. The Kier molecular flexibility index (Phi) is 13.2. The van der Waals surface area contributed by atoms with Crippen LogP contribution < -0.4 is 128 Å². The van der Waals surface area contributed by atoms with Crippen LogP contribution in [0.3, 0.4) is 0 Å². The van der Waals surface area contributed by atoms with Crippen LogP contribution in [0, 0.1) is 5.82 Å². The van der Waals surface area contributed by atoms with Crippen LogP contribution in [0.1, 0.15) is 21.6 Å². The Morgan fingerprint density at radius 2 is 1.96 bits per heavy atom. The number of halogens is 1. The molecule has 0 unspecified atom stereocenters. The van der Waals surface area contributed by atoms with Gasteiger partial charge in [0.1, 0.15) is 12.4 Å². The van der Waals surface area contributed by atoms with Gasteiger partial charge in [0.25, 0.3) is 5.91 Å². The minimum Gasteiger partial charge on any atom is -0.652 e. The average Bonchev–Trinajstić information content (AvgIpc) is 2.93.